The van der Waals surface area contributed by atoms with Gasteiger partial charge in [0.05, 0.1) is 7.11 Å². The van der Waals surface area contributed by atoms with Gasteiger partial charge in [0.25, 0.3) is 0 Å². The lowest BCUT2D eigenvalue weighted by molar-refractivity contribution is 0.407. The molecule has 0 heterocycles. The second kappa shape index (κ2) is 6.43. The zero-order valence-electron chi connectivity index (χ0n) is 10.3. The summed E-state index contributed by atoms with van der Waals surface area (Å²) in [7, 11) is 1.66. The normalized spacial score (nSPS) is 10.3. The van der Waals surface area contributed by atoms with Crippen molar-refractivity contribution >= 4 is 11.6 Å². The minimum absolute atomic E-state index is 0.693. The molecule has 0 unspecified atom stereocenters. The minimum Gasteiger partial charge on any atom is -0.496 e. The van der Waals surface area contributed by atoms with Crippen molar-refractivity contribution < 1.29 is 4.74 Å². The van der Waals surface area contributed by atoms with Crippen molar-refractivity contribution in [1.82, 2.24) is 5.32 Å². The lowest BCUT2D eigenvalue weighted by atomic mass is 10.2. The van der Waals surface area contributed by atoms with Crippen LogP contribution in [-0.4, -0.2) is 7.11 Å². The van der Waals surface area contributed by atoms with Gasteiger partial charge in [-0.2, -0.15) is 0 Å². The smallest absolute Gasteiger partial charge is 0.124 e. The molecule has 0 fully saturated rings. The van der Waals surface area contributed by atoms with Crippen molar-refractivity contribution in [2.24, 2.45) is 0 Å². The molecule has 94 valence electrons. The minimum atomic E-state index is 0.693. The molecule has 0 atom stereocenters. The first-order valence-corrected chi connectivity index (χ1v) is 6.24. The summed E-state index contributed by atoms with van der Waals surface area (Å²) in [6.07, 6.45) is 0. The molecular formula is C15H16ClNO. The highest BCUT2D eigenvalue weighted by Gasteiger charge is 2.03. The highest BCUT2D eigenvalue weighted by molar-refractivity contribution is 6.30. The second-order valence-electron chi connectivity index (χ2n) is 4.05. The molecule has 2 aromatic rings. The van der Waals surface area contributed by atoms with Gasteiger partial charge in [-0.1, -0.05) is 48.0 Å². The quantitative estimate of drug-likeness (QED) is 0.887. The molecular weight excluding hydrogens is 246 g/mol. The topological polar surface area (TPSA) is 21.3 Å². The van der Waals surface area contributed by atoms with Crippen LogP contribution >= 0.6 is 11.6 Å². The summed E-state index contributed by atoms with van der Waals surface area (Å²) in [6.45, 7) is 1.60. The summed E-state index contributed by atoms with van der Waals surface area (Å²) >= 11 is 5.93. The first kappa shape index (κ1) is 12.9. The standard InChI is InChI=1S/C15H16ClNO/c1-18-15-9-14(16)8-7-13(15)11-17-10-12-5-3-2-4-6-12/h2-9,17H,10-11H2,1H3. The monoisotopic (exact) mass is 261 g/mol. The molecule has 0 amide bonds. The molecule has 2 aromatic carbocycles. The first-order chi connectivity index (χ1) is 8.79. The molecule has 0 radical (unpaired) electrons. The van der Waals surface area contributed by atoms with Gasteiger partial charge in [0.2, 0.25) is 0 Å². The fourth-order valence-electron chi connectivity index (χ4n) is 1.80. The lowest BCUT2D eigenvalue weighted by Crippen LogP contribution is -2.13. The Bertz CT molecular complexity index is 499. The Kier molecular flexibility index (Phi) is 4.62. The average molecular weight is 262 g/mol. The predicted octanol–water partition coefficient (Wildman–Crippen LogP) is 3.64. The van der Waals surface area contributed by atoms with Crippen LogP contribution in [0.5, 0.6) is 5.75 Å². The van der Waals surface area contributed by atoms with Crippen LogP contribution in [0.1, 0.15) is 11.1 Å². The van der Waals surface area contributed by atoms with Crippen molar-refractivity contribution in [3.05, 3.63) is 64.7 Å². The zero-order valence-corrected chi connectivity index (χ0v) is 11.1. The van der Waals surface area contributed by atoms with E-state index < -0.39 is 0 Å². The SMILES string of the molecule is COc1cc(Cl)ccc1CNCc1ccccc1. The number of hydrogen-bond donors (Lipinski definition) is 1. The van der Waals surface area contributed by atoms with E-state index in [1.807, 2.05) is 36.4 Å². The van der Waals surface area contributed by atoms with E-state index in [2.05, 4.69) is 17.4 Å². The Morgan fingerprint density at radius 2 is 1.83 bits per heavy atom. The van der Waals surface area contributed by atoms with Crippen LogP contribution in [0.25, 0.3) is 0 Å². The van der Waals surface area contributed by atoms with E-state index in [1.165, 1.54) is 5.56 Å². The fraction of sp³-hybridized carbons (Fsp3) is 0.200. The van der Waals surface area contributed by atoms with Crippen LogP contribution in [0.3, 0.4) is 0 Å². The molecule has 0 aliphatic carbocycles. The van der Waals surface area contributed by atoms with Gasteiger partial charge in [-0.3, -0.25) is 0 Å². The van der Waals surface area contributed by atoms with Gasteiger partial charge < -0.3 is 10.1 Å². The van der Waals surface area contributed by atoms with Crippen molar-refractivity contribution in [3.63, 3.8) is 0 Å². The van der Waals surface area contributed by atoms with Gasteiger partial charge in [0, 0.05) is 23.7 Å². The maximum Gasteiger partial charge on any atom is 0.124 e. The third-order valence-electron chi connectivity index (χ3n) is 2.74. The zero-order chi connectivity index (χ0) is 12.8. The van der Waals surface area contributed by atoms with E-state index >= 15 is 0 Å². The summed E-state index contributed by atoms with van der Waals surface area (Å²) in [5.74, 6) is 0.822. The number of ether oxygens (including phenoxy) is 1. The highest BCUT2D eigenvalue weighted by atomic mass is 35.5. The molecule has 2 nitrogen and oxygen atoms in total. The van der Waals surface area contributed by atoms with E-state index in [0.717, 1.165) is 24.4 Å². The predicted molar refractivity (Wildman–Crippen MR) is 75.0 cm³/mol. The Labute approximate surface area is 113 Å². The van der Waals surface area contributed by atoms with E-state index in [9.17, 15) is 0 Å². The van der Waals surface area contributed by atoms with Crippen LogP contribution in [0.2, 0.25) is 5.02 Å². The largest absolute Gasteiger partial charge is 0.496 e. The van der Waals surface area contributed by atoms with Gasteiger partial charge in [-0.05, 0) is 17.7 Å². The molecule has 0 aliphatic heterocycles. The van der Waals surface area contributed by atoms with Gasteiger partial charge in [0.1, 0.15) is 5.75 Å². The molecule has 2 rings (SSSR count). The molecule has 1 N–H and O–H groups in total. The fourth-order valence-corrected chi connectivity index (χ4v) is 1.96. The van der Waals surface area contributed by atoms with Crippen LogP contribution < -0.4 is 10.1 Å². The maximum atomic E-state index is 5.93. The summed E-state index contributed by atoms with van der Waals surface area (Å²) < 4.78 is 5.30. The number of methoxy groups -OCH3 is 1. The van der Waals surface area contributed by atoms with E-state index in [4.69, 9.17) is 16.3 Å². The number of hydrogen-bond acceptors (Lipinski definition) is 2. The van der Waals surface area contributed by atoms with Crippen LogP contribution in [0.15, 0.2) is 48.5 Å². The maximum absolute atomic E-state index is 5.93. The Hall–Kier alpha value is -1.51. The van der Waals surface area contributed by atoms with Crippen LogP contribution in [0, 0.1) is 0 Å². The first-order valence-electron chi connectivity index (χ1n) is 5.86. The Morgan fingerprint density at radius 1 is 1.06 bits per heavy atom. The third-order valence-corrected chi connectivity index (χ3v) is 2.97. The van der Waals surface area contributed by atoms with E-state index in [1.54, 1.807) is 7.11 Å². The lowest BCUT2D eigenvalue weighted by Gasteiger charge is -2.10. The number of nitrogens with one attached hydrogen (secondary N) is 1. The highest BCUT2D eigenvalue weighted by Crippen LogP contribution is 2.22. The third kappa shape index (κ3) is 3.49. The second-order valence-corrected chi connectivity index (χ2v) is 4.48. The van der Waals surface area contributed by atoms with E-state index in [-0.39, 0.29) is 0 Å². The number of halogens is 1. The molecule has 18 heavy (non-hydrogen) atoms. The summed E-state index contributed by atoms with van der Waals surface area (Å²) in [5, 5.41) is 4.08. The van der Waals surface area contributed by atoms with Gasteiger partial charge in [0.15, 0.2) is 0 Å². The van der Waals surface area contributed by atoms with Crippen molar-refractivity contribution in [1.29, 1.82) is 0 Å². The number of rotatable bonds is 5. The summed E-state index contributed by atoms with van der Waals surface area (Å²) in [6, 6.07) is 16.0. The average Bonchev–Trinajstić information content (AvgIpc) is 2.41. The van der Waals surface area contributed by atoms with E-state index in [0.29, 0.717) is 5.02 Å². The Balaban J connectivity index is 1.94. The molecule has 0 saturated heterocycles. The van der Waals surface area contributed by atoms with Gasteiger partial charge in [-0.25, -0.2) is 0 Å². The molecule has 0 aliphatic rings. The Morgan fingerprint density at radius 3 is 2.56 bits per heavy atom. The van der Waals surface area contributed by atoms with Crippen molar-refractivity contribution in [2.75, 3.05) is 7.11 Å². The van der Waals surface area contributed by atoms with Gasteiger partial charge >= 0.3 is 0 Å². The molecule has 3 heteroatoms. The van der Waals surface area contributed by atoms with Crippen molar-refractivity contribution in [3.8, 4) is 5.75 Å². The summed E-state index contributed by atoms with van der Waals surface area (Å²) in [4.78, 5) is 0. The van der Waals surface area contributed by atoms with Crippen LogP contribution in [0.4, 0.5) is 0 Å². The molecule has 0 spiro atoms. The molecule has 0 bridgehead atoms. The van der Waals surface area contributed by atoms with Crippen molar-refractivity contribution in [2.45, 2.75) is 13.1 Å². The van der Waals surface area contributed by atoms with Crippen LogP contribution in [-0.2, 0) is 13.1 Å². The summed E-state index contributed by atoms with van der Waals surface area (Å²) in [5.41, 5.74) is 2.38. The number of benzene rings is 2. The molecule has 0 aromatic heterocycles. The molecule has 0 saturated carbocycles. The van der Waals surface area contributed by atoms with Gasteiger partial charge in [-0.15, -0.1) is 0 Å².